The summed E-state index contributed by atoms with van der Waals surface area (Å²) >= 11 is 0. The van der Waals surface area contributed by atoms with E-state index >= 15 is 0 Å². The fourth-order valence-corrected chi connectivity index (χ4v) is 3.67. The fraction of sp³-hybridized carbons (Fsp3) is 1.00. The lowest BCUT2D eigenvalue weighted by Gasteiger charge is -2.48. The second kappa shape index (κ2) is 5.71. The molecule has 2 rings (SSSR count). The Bertz CT molecular complexity index is 228. The van der Waals surface area contributed by atoms with Crippen molar-refractivity contribution in [2.75, 3.05) is 26.2 Å². The van der Waals surface area contributed by atoms with E-state index in [-0.39, 0.29) is 0 Å². The first kappa shape index (κ1) is 13.4. The molecule has 1 spiro atoms. The maximum absolute atomic E-state index is 3.62. The van der Waals surface area contributed by atoms with Crippen LogP contribution in [0.5, 0.6) is 0 Å². The Morgan fingerprint density at radius 3 is 2.65 bits per heavy atom. The minimum atomic E-state index is 0.609. The van der Waals surface area contributed by atoms with Crippen LogP contribution in [0.2, 0.25) is 0 Å². The lowest BCUT2D eigenvalue weighted by atomic mass is 9.74. The Morgan fingerprint density at radius 2 is 2.00 bits per heavy atom. The molecule has 17 heavy (non-hydrogen) atoms. The van der Waals surface area contributed by atoms with E-state index in [1.807, 2.05) is 0 Å². The smallest absolute Gasteiger partial charge is 0.00926 e. The molecule has 1 N–H and O–H groups in total. The van der Waals surface area contributed by atoms with E-state index in [0.29, 0.717) is 5.41 Å². The molecule has 0 aromatic carbocycles. The summed E-state index contributed by atoms with van der Waals surface area (Å²) in [5.74, 6) is 0.835. The highest BCUT2D eigenvalue weighted by atomic mass is 15.2. The molecule has 2 aliphatic rings. The normalized spacial score (nSPS) is 34.8. The van der Waals surface area contributed by atoms with Crippen molar-refractivity contribution in [1.29, 1.82) is 0 Å². The van der Waals surface area contributed by atoms with Gasteiger partial charge >= 0.3 is 0 Å². The van der Waals surface area contributed by atoms with Gasteiger partial charge in [-0.2, -0.15) is 0 Å². The van der Waals surface area contributed by atoms with Gasteiger partial charge in [0.15, 0.2) is 0 Å². The summed E-state index contributed by atoms with van der Waals surface area (Å²) in [6.45, 7) is 12.3. The van der Waals surface area contributed by atoms with Gasteiger partial charge in [-0.15, -0.1) is 0 Å². The highest BCUT2D eigenvalue weighted by Gasteiger charge is 2.38. The minimum absolute atomic E-state index is 0.609. The Kier molecular flexibility index (Phi) is 4.48. The monoisotopic (exact) mass is 238 g/mol. The number of hydrogen-bond donors (Lipinski definition) is 1. The highest BCUT2D eigenvalue weighted by Crippen LogP contribution is 2.37. The molecule has 0 aromatic rings. The summed E-state index contributed by atoms with van der Waals surface area (Å²) in [6.07, 6.45) is 6.99. The lowest BCUT2D eigenvalue weighted by molar-refractivity contribution is 0.0269. The maximum atomic E-state index is 3.62. The van der Waals surface area contributed by atoms with Crippen molar-refractivity contribution in [2.45, 2.75) is 58.9 Å². The molecule has 0 radical (unpaired) electrons. The first-order valence-corrected chi connectivity index (χ1v) is 7.62. The van der Waals surface area contributed by atoms with E-state index in [1.54, 1.807) is 0 Å². The number of piperidine rings is 2. The van der Waals surface area contributed by atoms with Gasteiger partial charge < -0.3 is 5.32 Å². The van der Waals surface area contributed by atoms with Crippen LogP contribution in [0.1, 0.15) is 52.9 Å². The Hall–Kier alpha value is -0.0800. The molecule has 2 heteroatoms. The standard InChI is InChI=1S/C15H30N2/c1-4-13(2)14(3)17-10-6-8-15(12-17)7-5-9-16-11-15/h13-14,16H,4-12H2,1-3H3. The number of likely N-dealkylation sites (tertiary alicyclic amines) is 1. The summed E-state index contributed by atoms with van der Waals surface area (Å²) < 4.78 is 0. The zero-order valence-corrected chi connectivity index (χ0v) is 12.0. The fourth-order valence-electron chi connectivity index (χ4n) is 3.67. The molecule has 2 fully saturated rings. The second-order valence-corrected chi connectivity index (χ2v) is 6.48. The molecule has 3 unspecified atom stereocenters. The van der Waals surface area contributed by atoms with Crippen molar-refractivity contribution in [2.24, 2.45) is 11.3 Å². The van der Waals surface area contributed by atoms with E-state index in [0.717, 1.165) is 12.0 Å². The third kappa shape index (κ3) is 3.03. The van der Waals surface area contributed by atoms with Crippen LogP contribution in [0, 0.1) is 11.3 Å². The SMILES string of the molecule is CCC(C)C(C)N1CCCC2(CCCNC2)C1. The van der Waals surface area contributed by atoms with E-state index in [9.17, 15) is 0 Å². The molecular weight excluding hydrogens is 208 g/mol. The average Bonchev–Trinajstić information content (AvgIpc) is 2.38. The quantitative estimate of drug-likeness (QED) is 0.813. The Morgan fingerprint density at radius 1 is 1.24 bits per heavy atom. The molecule has 0 aliphatic carbocycles. The van der Waals surface area contributed by atoms with Crippen molar-refractivity contribution in [3.63, 3.8) is 0 Å². The molecular formula is C15H30N2. The minimum Gasteiger partial charge on any atom is -0.316 e. The van der Waals surface area contributed by atoms with Crippen LogP contribution in [0.3, 0.4) is 0 Å². The van der Waals surface area contributed by atoms with Crippen LogP contribution < -0.4 is 5.32 Å². The van der Waals surface area contributed by atoms with Crippen molar-refractivity contribution in [1.82, 2.24) is 10.2 Å². The summed E-state index contributed by atoms with van der Waals surface area (Å²) in [5, 5.41) is 3.62. The third-order valence-corrected chi connectivity index (χ3v) is 5.30. The first-order valence-electron chi connectivity index (χ1n) is 7.62. The van der Waals surface area contributed by atoms with Crippen LogP contribution in [-0.2, 0) is 0 Å². The van der Waals surface area contributed by atoms with E-state index in [2.05, 4.69) is 31.0 Å². The summed E-state index contributed by atoms with van der Waals surface area (Å²) in [4.78, 5) is 2.77. The van der Waals surface area contributed by atoms with E-state index in [1.165, 1.54) is 58.3 Å². The van der Waals surface area contributed by atoms with Crippen LogP contribution in [0.4, 0.5) is 0 Å². The predicted octanol–water partition coefficient (Wildman–Crippen LogP) is 2.89. The highest BCUT2D eigenvalue weighted by molar-refractivity contribution is 4.93. The number of nitrogens with zero attached hydrogens (tertiary/aromatic N) is 1. The van der Waals surface area contributed by atoms with Crippen molar-refractivity contribution in [3.8, 4) is 0 Å². The summed E-state index contributed by atoms with van der Waals surface area (Å²) in [5.41, 5.74) is 0.609. The van der Waals surface area contributed by atoms with Gasteiger partial charge in [-0.25, -0.2) is 0 Å². The molecule has 2 nitrogen and oxygen atoms in total. The molecule has 0 aromatic heterocycles. The van der Waals surface area contributed by atoms with Gasteiger partial charge in [0.2, 0.25) is 0 Å². The van der Waals surface area contributed by atoms with Crippen LogP contribution >= 0.6 is 0 Å². The third-order valence-electron chi connectivity index (χ3n) is 5.30. The van der Waals surface area contributed by atoms with Crippen molar-refractivity contribution < 1.29 is 0 Å². The van der Waals surface area contributed by atoms with E-state index < -0.39 is 0 Å². The molecule has 2 aliphatic heterocycles. The van der Waals surface area contributed by atoms with Crippen LogP contribution in [-0.4, -0.2) is 37.1 Å². The summed E-state index contributed by atoms with van der Waals surface area (Å²) in [7, 11) is 0. The number of rotatable bonds is 3. The molecule has 0 amide bonds. The number of hydrogen-bond acceptors (Lipinski definition) is 2. The Labute approximate surface area is 107 Å². The topological polar surface area (TPSA) is 15.3 Å². The lowest BCUT2D eigenvalue weighted by Crippen LogP contribution is -2.54. The molecule has 0 saturated carbocycles. The molecule has 0 bridgehead atoms. The predicted molar refractivity (Wildman–Crippen MR) is 74.3 cm³/mol. The van der Waals surface area contributed by atoms with E-state index in [4.69, 9.17) is 0 Å². The van der Waals surface area contributed by atoms with Crippen molar-refractivity contribution in [3.05, 3.63) is 0 Å². The molecule has 2 heterocycles. The summed E-state index contributed by atoms with van der Waals surface area (Å²) in [6, 6.07) is 0.763. The molecule has 3 atom stereocenters. The van der Waals surface area contributed by atoms with Gasteiger partial charge in [0.05, 0.1) is 0 Å². The van der Waals surface area contributed by atoms with Crippen LogP contribution in [0.15, 0.2) is 0 Å². The van der Waals surface area contributed by atoms with Crippen molar-refractivity contribution >= 4 is 0 Å². The molecule has 2 saturated heterocycles. The maximum Gasteiger partial charge on any atom is 0.00926 e. The largest absolute Gasteiger partial charge is 0.316 e. The first-order chi connectivity index (χ1) is 8.17. The zero-order valence-electron chi connectivity index (χ0n) is 12.0. The van der Waals surface area contributed by atoms with Gasteiger partial charge in [-0.3, -0.25) is 4.90 Å². The van der Waals surface area contributed by atoms with Gasteiger partial charge in [0.1, 0.15) is 0 Å². The second-order valence-electron chi connectivity index (χ2n) is 6.48. The van der Waals surface area contributed by atoms with Gasteiger partial charge in [-0.1, -0.05) is 20.3 Å². The number of nitrogens with one attached hydrogen (secondary N) is 1. The van der Waals surface area contributed by atoms with Gasteiger partial charge in [0, 0.05) is 19.1 Å². The Balaban J connectivity index is 1.96. The van der Waals surface area contributed by atoms with Crippen LogP contribution in [0.25, 0.3) is 0 Å². The average molecular weight is 238 g/mol. The van der Waals surface area contributed by atoms with Gasteiger partial charge in [0.25, 0.3) is 0 Å². The molecule has 100 valence electrons. The zero-order chi connectivity index (χ0) is 12.3. The van der Waals surface area contributed by atoms with Gasteiger partial charge in [-0.05, 0) is 57.0 Å².